The van der Waals surface area contributed by atoms with E-state index in [4.69, 9.17) is 4.74 Å². The minimum atomic E-state index is 0.304. The molecule has 1 unspecified atom stereocenters. The van der Waals surface area contributed by atoms with E-state index >= 15 is 0 Å². The van der Waals surface area contributed by atoms with Crippen LogP contribution in [0.1, 0.15) is 46.2 Å². The van der Waals surface area contributed by atoms with Gasteiger partial charge in [-0.3, -0.25) is 0 Å². The molecule has 2 nitrogen and oxygen atoms in total. The van der Waals surface area contributed by atoms with Gasteiger partial charge in [0.1, 0.15) is 5.75 Å². The zero-order valence-corrected chi connectivity index (χ0v) is 14.5. The van der Waals surface area contributed by atoms with Crippen molar-refractivity contribution in [2.45, 2.75) is 40.7 Å². The fraction of sp³-hybridized carbons (Fsp3) is 0.625. The highest BCUT2D eigenvalue weighted by Crippen LogP contribution is 2.29. The van der Waals surface area contributed by atoms with Gasteiger partial charge in [0.25, 0.3) is 0 Å². The first-order valence-electron chi connectivity index (χ1n) is 6.84. The van der Waals surface area contributed by atoms with Gasteiger partial charge in [0, 0.05) is 12.6 Å². The van der Waals surface area contributed by atoms with Crippen LogP contribution in [-0.2, 0) is 0 Å². The van der Waals surface area contributed by atoms with Gasteiger partial charge < -0.3 is 10.1 Å². The van der Waals surface area contributed by atoms with Crippen LogP contribution < -0.4 is 10.1 Å². The Morgan fingerprint density at radius 3 is 2.37 bits per heavy atom. The molecule has 0 saturated carbocycles. The van der Waals surface area contributed by atoms with E-state index in [-0.39, 0.29) is 0 Å². The van der Waals surface area contributed by atoms with Crippen LogP contribution in [0, 0.1) is 11.3 Å². The molecule has 0 spiro atoms. The Morgan fingerprint density at radius 2 is 1.89 bits per heavy atom. The third kappa shape index (κ3) is 4.50. The zero-order chi connectivity index (χ0) is 14.6. The lowest BCUT2D eigenvalue weighted by molar-refractivity contribution is 0.230. The molecule has 0 amide bonds. The van der Waals surface area contributed by atoms with Crippen LogP contribution in [0.25, 0.3) is 0 Å². The molecular formula is C16H26BrNO. The Labute approximate surface area is 126 Å². The summed E-state index contributed by atoms with van der Waals surface area (Å²) in [6.07, 6.45) is 0. The molecule has 0 fully saturated rings. The standard InChI is InChI=1S/C16H26BrNO/c1-11(2)16(4,5)10-18-12(3)13-7-8-15(19-6)14(17)9-13/h7-9,11-12,18H,10H2,1-6H3. The molecule has 1 aromatic carbocycles. The van der Waals surface area contributed by atoms with Crippen LogP contribution in [0.15, 0.2) is 22.7 Å². The predicted molar refractivity (Wildman–Crippen MR) is 85.7 cm³/mol. The Balaban J connectivity index is 2.68. The summed E-state index contributed by atoms with van der Waals surface area (Å²) in [7, 11) is 1.69. The maximum Gasteiger partial charge on any atom is 0.133 e. The van der Waals surface area contributed by atoms with Gasteiger partial charge in [-0.15, -0.1) is 0 Å². The van der Waals surface area contributed by atoms with Crippen molar-refractivity contribution in [2.75, 3.05) is 13.7 Å². The number of halogens is 1. The van der Waals surface area contributed by atoms with Gasteiger partial charge in [0.05, 0.1) is 11.6 Å². The van der Waals surface area contributed by atoms with E-state index in [1.54, 1.807) is 7.11 Å². The van der Waals surface area contributed by atoms with Crippen molar-refractivity contribution in [1.82, 2.24) is 5.32 Å². The molecule has 0 aliphatic rings. The molecule has 1 N–H and O–H groups in total. The maximum atomic E-state index is 5.26. The van der Waals surface area contributed by atoms with Gasteiger partial charge in [-0.05, 0) is 51.9 Å². The number of benzene rings is 1. The molecule has 0 bridgehead atoms. The first-order valence-corrected chi connectivity index (χ1v) is 7.64. The average molecular weight is 328 g/mol. The lowest BCUT2D eigenvalue weighted by atomic mass is 9.81. The monoisotopic (exact) mass is 327 g/mol. The summed E-state index contributed by atoms with van der Waals surface area (Å²) in [5.74, 6) is 1.54. The summed E-state index contributed by atoms with van der Waals surface area (Å²) in [4.78, 5) is 0. The third-order valence-corrected chi connectivity index (χ3v) is 4.72. The molecular weight excluding hydrogens is 302 g/mol. The van der Waals surface area contributed by atoms with E-state index in [0.717, 1.165) is 16.8 Å². The van der Waals surface area contributed by atoms with Crippen LogP contribution in [0.2, 0.25) is 0 Å². The molecule has 0 radical (unpaired) electrons. The fourth-order valence-corrected chi connectivity index (χ4v) is 2.25. The minimum Gasteiger partial charge on any atom is -0.496 e. The predicted octanol–water partition coefficient (Wildman–Crippen LogP) is 4.79. The fourth-order valence-electron chi connectivity index (χ4n) is 1.69. The Morgan fingerprint density at radius 1 is 1.26 bits per heavy atom. The van der Waals surface area contributed by atoms with E-state index in [1.165, 1.54) is 5.56 Å². The molecule has 1 atom stereocenters. The highest BCUT2D eigenvalue weighted by atomic mass is 79.9. The molecule has 19 heavy (non-hydrogen) atoms. The molecule has 1 aromatic rings. The number of rotatable bonds is 6. The Hall–Kier alpha value is -0.540. The third-order valence-electron chi connectivity index (χ3n) is 4.10. The molecule has 0 aliphatic carbocycles. The number of methoxy groups -OCH3 is 1. The molecule has 3 heteroatoms. The second-order valence-corrected chi connectivity index (χ2v) is 6.99. The molecule has 108 valence electrons. The minimum absolute atomic E-state index is 0.304. The second-order valence-electron chi connectivity index (χ2n) is 6.14. The van der Waals surface area contributed by atoms with Gasteiger partial charge in [0.2, 0.25) is 0 Å². The van der Waals surface area contributed by atoms with E-state index in [9.17, 15) is 0 Å². The SMILES string of the molecule is COc1ccc(C(C)NCC(C)(C)C(C)C)cc1Br. The first kappa shape index (κ1) is 16.5. The van der Waals surface area contributed by atoms with Crippen molar-refractivity contribution in [3.8, 4) is 5.75 Å². The van der Waals surface area contributed by atoms with Gasteiger partial charge >= 0.3 is 0 Å². The smallest absolute Gasteiger partial charge is 0.133 e. The topological polar surface area (TPSA) is 21.3 Å². The summed E-state index contributed by atoms with van der Waals surface area (Å²) in [5, 5.41) is 3.62. The molecule has 0 aromatic heterocycles. The number of nitrogens with one attached hydrogen (secondary N) is 1. The number of hydrogen-bond acceptors (Lipinski definition) is 2. The lowest BCUT2D eigenvalue weighted by Crippen LogP contribution is -2.34. The van der Waals surface area contributed by atoms with Crippen molar-refractivity contribution in [1.29, 1.82) is 0 Å². The second kappa shape index (κ2) is 6.76. The van der Waals surface area contributed by atoms with Gasteiger partial charge in [0.15, 0.2) is 0 Å². The number of hydrogen-bond donors (Lipinski definition) is 1. The van der Waals surface area contributed by atoms with Crippen LogP contribution in [0.3, 0.4) is 0 Å². The van der Waals surface area contributed by atoms with E-state index in [2.05, 4.69) is 68.0 Å². The van der Waals surface area contributed by atoms with Gasteiger partial charge in [-0.25, -0.2) is 0 Å². The molecule has 0 heterocycles. The van der Waals surface area contributed by atoms with Gasteiger partial charge in [-0.1, -0.05) is 33.8 Å². The highest BCUT2D eigenvalue weighted by Gasteiger charge is 2.22. The van der Waals surface area contributed by atoms with Crippen molar-refractivity contribution in [3.63, 3.8) is 0 Å². The summed E-state index contributed by atoms with van der Waals surface area (Å²) in [6.45, 7) is 12.4. The highest BCUT2D eigenvalue weighted by molar-refractivity contribution is 9.10. The van der Waals surface area contributed by atoms with E-state index in [0.29, 0.717) is 17.4 Å². The lowest BCUT2D eigenvalue weighted by Gasteiger charge is -2.31. The van der Waals surface area contributed by atoms with Crippen LogP contribution in [0.5, 0.6) is 5.75 Å². The van der Waals surface area contributed by atoms with Crippen molar-refractivity contribution in [2.24, 2.45) is 11.3 Å². The Kier molecular flexibility index (Phi) is 5.87. The summed E-state index contributed by atoms with van der Waals surface area (Å²) < 4.78 is 6.26. The van der Waals surface area contributed by atoms with Crippen LogP contribution in [0.4, 0.5) is 0 Å². The van der Waals surface area contributed by atoms with Crippen LogP contribution in [-0.4, -0.2) is 13.7 Å². The zero-order valence-electron chi connectivity index (χ0n) is 12.9. The summed E-state index contributed by atoms with van der Waals surface area (Å²) in [6, 6.07) is 6.58. The van der Waals surface area contributed by atoms with E-state index < -0.39 is 0 Å². The molecule has 0 saturated heterocycles. The van der Waals surface area contributed by atoms with Crippen molar-refractivity contribution in [3.05, 3.63) is 28.2 Å². The average Bonchev–Trinajstić information content (AvgIpc) is 2.35. The van der Waals surface area contributed by atoms with Gasteiger partial charge in [-0.2, -0.15) is 0 Å². The Bertz CT molecular complexity index is 415. The molecule has 0 aliphatic heterocycles. The normalized spacial score (nSPS) is 13.7. The number of ether oxygens (including phenoxy) is 1. The van der Waals surface area contributed by atoms with Crippen molar-refractivity contribution < 1.29 is 4.74 Å². The largest absolute Gasteiger partial charge is 0.496 e. The quantitative estimate of drug-likeness (QED) is 0.811. The maximum absolute atomic E-state index is 5.26. The molecule has 1 rings (SSSR count). The summed E-state index contributed by atoms with van der Waals surface area (Å²) in [5.41, 5.74) is 1.57. The first-order chi connectivity index (χ1) is 8.77. The summed E-state index contributed by atoms with van der Waals surface area (Å²) >= 11 is 3.54. The van der Waals surface area contributed by atoms with Crippen molar-refractivity contribution >= 4 is 15.9 Å². The van der Waals surface area contributed by atoms with E-state index in [1.807, 2.05) is 6.07 Å². The van der Waals surface area contributed by atoms with Crippen LogP contribution >= 0.6 is 15.9 Å².